The number of benzene rings is 1. The fraction of sp³-hybridized carbons (Fsp3) is 0.471. The minimum Gasteiger partial charge on any atom is -0.308 e. The standard InChI is InChI=1S/C17H20F3N3/c1-10-16(9-21-13-5-4-12(18)8-13)22-23(2)17(10)11-3-6-14(19)15(20)7-11/h3,6-7,12-13,21H,4-5,8-9H2,1-2H3/t12-,13+/m1/s1. The molecule has 1 saturated carbocycles. The lowest BCUT2D eigenvalue weighted by molar-refractivity contribution is 0.333. The Hall–Kier alpha value is -1.82. The van der Waals surface area contributed by atoms with Gasteiger partial charge in [0, 0.05) is 25.2 Å². The van der Waals surface area contributed by atoms with E-state index >= 15 is 0 Å². The number of nitrogens with zero attached hydrogens (tertiary/aromatic N) is 2. The van der Waals surface area contributed by atoms with Crippen molar-refractivity contribution in [2.24, 2.45) is 7.05 Å². The van der Waals surface area contributed by atoms with Crippen molar-refractivity contribution in [1.29, 1.82) is 0 Å². The quantitative estimate of drug-likeness (QED) is 0.931. The zero-order chi connectivity index (χ0) is 16.6. The van der Waals surface area contributed by atoms with E-state index in [1.165, 1.54) is 6.07 Å². The SMILES string of the molecule is Cc1c(CN[C@H]2CC[C@@H](F)C2)nn(C)c1-c1ccc(F)c(F)c1. The van der Waals surface area contributed by atoms with E-state index in [1.54, 1.807) is 17.8 Å². The molecule has 0 unspecified atom stereocenters. The molecule has 2 atom stereocenters. The van der Waals surface area contributed by atoms with Gasteiger partial charge in [0.05, 0.1) is 11.4 Å². The van der Waals surface area contributed by atoms with Crippen molar-refractivity contribution < 1.29 is 13.2 Å². The Morgan fingerprint density at radius 2 is 2.04 bits per heavy atom. The third kappa shape index (κ3) is 3.27. The van der Waals surface area contributed by atoms with Crippen molar-refractivity contribution >= 4 is 0 Å². The van der Waals surface area contributed by atoms with Crippen LogP contribution in [-0.2, 0) is 13.6 Å². The van der Waals surface area contributed by atoms with Crippen molar-refractivity contribution in [1.82, 2.24) is 15.1 Å². The zero-order valence-electron chi connectivity index (χ0n) is 13.2. The number of nitrogens with one attached hydrogen (secondary N) is 1. The average Bonchev–Trinajstić information content (AvgIpc) is 3.04. The molecule has 0 saturated heterocycles. The molecule has 1 aromatic heterocycles. The Balaban J connectivity index is 1.80. The number of alkyl halides is 1. The summed E-state index contributed by atoms with van der Waals surface area (Å²) in [7, 11) is 1.78. The summed E-state index contributed by atoms with van der Waals surface area (Å²) in [6.45, 7) is 2.45. The molecule has 0 bridgehead atoms. The van der Waals surface area contributed by atoms with Crippen LogP contribution in [0.5, 0.6) is 0 Å². The highest BCUT2D eigenvalue weighted by molar-refractivity contribution is 5.64. The van der Waals surface area contributed by atoms with Crippen molar-refractivity contribution in [3.05, 3.63) is 41.1 Å². The summed E-state index contributed by atoms with van der Waals surface area (Å²) in [5, 5.41) is 7.79. The number of hydrogen-bond acceptors (Lipinski definition) is 2. The largest absolute Gasteiger partial charge is 0.308 e. The van der Waals surface area contributed by atoms with E-state index in [1.807, 2.05) is 6.92 Å². The van der Waals surface area contributed by atoms with Gasteiger partial charge in [-0.15, -0.1) is 0 Å². The topological polar surface area (TPSA) is 29.9 Å². The van der Waals surface area contributed by atoms with Gasteiger partial charge in [-0.1, -0.05) is 0 Å². The molecule has 1 aliphatic rings. The molecule has 0 spiro atoms. The molecule has 1 aliphatic carbocycles. The molecule has 0 aliphatic heterocycles. The van der Waals surface area contributed by atoms with Gasteiger partial charge in [-0.05, 0) is 49.9 Å². The lowest BCUT2D eigenvalue weighted by Crippen LogP contribution is -2.26. The molecule has 23 heavy (non-hydrogen) atoms. The summed E-state index contributed by atoms with van der Waals surface area (Å²) < 4.78 is 41.5. The van der Waals surface area contributed by atoms with Gasteiger partial charge in [0.15, 0.2) is 11.6 Å². The van der Waals surface area contributed by atoms with Crippen LogP contribution in [0.4, 0.5) is 13.2 Å². The molecular weight excluding hydrogens is 303 g/mol. The molecule has 3 nitrogen and oxygen atoms in total. The minimum absolute atomic E-state index is 0.179. The van der Waals surface area contributed by atoms with Gasteiger partial charge in [-0.2, -0.15) is 5.10 Å². The third-order valence-electron chi connectivity index (χ3n) is 4.50. The highest BCUT2D eigenvalue weighted by atomic mass is 19.2. The lowest BCUT2D eigenvalue weighted by atomic mass is 10.1. The van der Waals surface area contributed by atoms with Crippen LogP contribution in [0.25, 0.3) is 11.3 Å². The molecule has 1 fully saturated rings. The summed E-state index contributed by atoms with van der Waals surface area (Å²) in [4.78, 5) is 0. The first-order valence-electron chi connectivity index (χ1n) is 7.81. The van der Waals surface area contributed by atoms with Crippen LogP contribution < -0.4 is 5.32 Å². The predicted octanol–water partition coefficient (Wildman–Crippen LogP) is 3.65. The van der Waals surface area contributed by atoms with E-state index in [-0.39, 0.29) is 6.04 Å². The van der Waals surface area contributed by atoms with Crippen LogP contribution in [0.3, 0.4) is 0 Å². The van der Waals surface area contributed by atoms with Crippen LogP contribution >= 0.6 is 0 Å². The second-order valence-electron chi connectivity index (χ2n) is 6.16. The Morgan fingerprint density at radius 1 is 1.26 bits per heavy atom. The maximum atomic E-state index is 13.5. The van der Waals surface area contributed by atoms with Crippen LogP contribution in [-0.4, -0.2) is 22.0 Å². The Labute approximate surface area is 133 Å². The van der Waals surface area contributed by atoms with Crippen molar-refractivity contribution in [2.75, 3.05) is 0 Å². The second-order valence-corrected chi connectivity index (χ2v) is 6.16. The van der Waals surface area contributed by atoms with E-state index in [0.717, 1.165) is 29.4 Å². The van der Waals surface area contributed by atoms with E-state index in [9.17, 15) is 13.2 Å². The van der Waals surface area contributed by atoms with Crippen LogP contribution in [0.2, 0.25) is 0 Å². The van der Waals surface area contributed by atoms with Gasteiger partial charge in [0.25, 0.3) is 0 Å². The molecule has 0 radical (unpaired) electrons. The fourth-order valence-electron chi connectivity index (χ4n) is 3.25. The number of aryl methyl sites for hydroxylation is 1. The smallest absolute Gasteiger partial charge is 0.159 e. The fourth-order valence-corrected chi connectivity index (χ4v) is 3.25. The Morgan fingerprint density at radius 3 is 2.70 bits per heavy atom. The van der Waals surface area contributed by atoms with E-state index in [4.69, 9.17) is 0 Å². The highest BCUT2D eigenvalue weighted by Crippen LogP contribution is 2.27. The molecule has 1 aromatic carbocycles. The van der Waals surface area contributed by atoms with Gasteiger partial charge in [0.2, 0.25) is 0 Å². The summed E-state index contributed by atoms with van der Waals surface area (Å²) in [5.41, 5.74) is 3.11. The van der Waals surface area contributed by atoms with E-state index < -0.39 is 17.8 Å². The monoisotopic (exact) mass is 323 g/mol. The maximum absolute atomic E-state index is 13.5. The first-order chi connectivity index (χ1) is 11.0. The average molecular weight is 323 g/mol. The first kappa shape index (κ1) is 16.1. The van der Waals surface area contributed by atoms with Crippen molar-refractivity contribution in [2.45, 2.75) is 44.9 Å². The molecule has 2 aromatic rings. The summed E-state index contributed by atoms with van der Waals surface area (Å²) in [5.74, 6) is -1.74. The maximum Gasteiger partial charge on any atom is 0.159 e. The van der Waals surface area contributed by atoms with E-state index in [0.29, 0.717) is 24.9 Å². The first-order valence-corrected chi connectivity index (χ1v) is 7.81. The second kappa shape index (κ2) is 6.35. The Bertz CT molecular complexity index is 711. The number of rotatable bonds is 4. The number of hydrogen-bond donors (Lipinski definition) is 1. The Kier molecular flexibility index (Phi) is 4.43. The molecule has 124 valence electrons. The highest BCUT2D eigenvalue weighted by Gasteiger charge is 2.24. The van der Waals surface area contributed by atoms with Gasteiger partial charge in [0.1, 0.15) is 6.17 Å². The van der Waals surface area contributed by atoms with Crippen molar-refractivity contribution in [3.63, 3.8) is 0 Å². The van der Waals surface area contributed by atoms with Crippen LogP contribution in [0.1, 0.15) is 30.5 Å². The summed E-state index contributed by atoms with van der Waals surface area (Å²) in [6.07, 6.45) is 1.28. The van der Waals surface area contributed by atoms with Crippen LogP contribution in [0, 0.1) is 18.6 Å². The normalized spacial score (nSPS) is 21.1. The molecule has 1 heterocycles. The molecular formula is C17H20F3N3. The van der Waals surface area contributed by atoms with E-state index in [2.05, 4.69) is 10.4 Å². The molecule has 3 rings (SSSR count). The van der Waals surface area contributed by atoms with Crippen molar-refractivity contribution in [3.8, 4) is 11.3 Å². The van der Waals surface area contributed by atoms with Gasteiger partial charge in [-0.25, -0.2) is 13.2 Å². The molecule has 0 amide bonds. The third-order valence-corrected chi connectivity index (χ3v) is 4.50. The number of halogens is 3. The molecule has 6 heteroatoms. The molecule has 1 N–H and O–H groups in total. The van der Waals surface area contributed by atoms with Gasteiger partial charge < -0.3 is 5.32 Å². The lowest BCUT2D eigenvalue weighted by Gasteiger charge is -2.10. The number of aromatic nitrogens is 2. The summed E-state index contributed by atoms with van der Waals surface area (Å²) >= 11 is 0. The zero-order valence-corrected chi connectivity index (χ0v) is 13.2. The van der Waals surface area contributed by atoms with Gasteiger partial charge >= 0.3 is 0 Å². The minimum atomic E-state index is -0.872. The predicted molar refractivity (Wildman–Crippen MR) is 82.7 cm³/mol. The summed E-state index contributed by atoms with van der Waals surface area (Å²) in [6, 6.07) is 4.03. The van der Waals surface area contributed by atoms with Gasteiger partial charge in [-0.3, -0.25) is 4.68 Å². The van der Waals surface area contributed by atoms with Crippen LogP contribution in [0.15, 0.2) is 18.2 Å².